The van der Waals surface area contributed by atoms with Crippen LogP contribution in [0.2, 0.25) is 0 Å². The molecule has 10 heavy (non-hydrogen) atoms. The van der Waals surface area contributed by atoms with Gasteiger partial charge in [-0.05, 0) is 5.92 Å². The van der Waals surface area contributed by atoms with Crippen LogP contribution in [0.1, 0.15) is 51.9 Å². The minimum absolute atomic E-state index is 0. The largest absolute Gasteiger partial charge is 0.344 e. The Labute approximate surface area is 64.8 Å². The average Bonchev–Trinajstić information content (AvgIpc) is 2.13. The second kappa shape index (κ2) is 5.72. The van der Waals surface area contributed by atoms with Gasteiger partial charge in [-0.2, -0.15) is 0 Å². The van der Waals surface area contributed by atoms with E-state index in [1.165, 1.54) is 44.9 Å². The van der Waals surface area contributed by atoms with E-state index in [9.17, 15) is 0 Å². The van der Waals surface area contributed by atoms with Gasteiger partial charge in [0.1, 0.15) is 0 Å². The number of hydrogen-bond acceptors (Lipinski definition) is 1. The highest BCUT2D eigenvalue weighted by Crippen LogP contribution is 2.24. The van der Waals surface area contributed by atoms with Gasteiger partial charge in [0.2, 0.25) is 0 Å². The van der Waals surface area contributed by atoms with Crippen molar-refractivity contribution in [3.63, 3.8) is 0 Å². The van der Waals surface area contributed by atoms with Gasteiger partial charge >= 0.3 is 0 Å². The van der Waals surface area contributed by atoms with E-state index in [2.05, 4.69) is 6.92 Å². The van der Waals surface area contributed by atoms with Crippen LogP contribution in [0.25, 0.3) is 0 Å². The maximum absolute atomic E-state index is 2.33. The lowest BCUT2D eigenvalue weighted by atomic mass is 9.98. The lowest BCUT2D eigenvalue weighted by Crippen LogP contribution is -1.94. The quantitative estimate of drug-likeness (QED) is 0.560. The Hall–Kier alpha value is -0.0400. The van der Waals surface area contributed by atoms with E-state index >= 15 is 0 Å². The molecule has 0 aliphatic heterocycles. The average molecular weight is 143 g/mol. The monoisotopic (exact) mass is 143 g/mol. The zero-order valence-corrected chi connectivity index (χ0v) is 7.23. The molecule has 0 amide bonds. The van der Waals surface area contributed by atoms with Crippen LogP contribution >= 0.6 is 0 Å². The van der Waals surface area contributed by atoms with Gasteiger partial charge in [-0.3, -0.25) is 0 Å². The van der Waals surface area contributed by atoms with Gasteiger partial charge in [-0.25, -0.2) is 0 Å². The lowest BCUT2D eigenvalue weighted by Gasteiger charge is -2.08. The third-order valence-electron chi connectivity index (χ3n) is 2.55. The van der Waals surface area contributed by atoms with Gasteiger partial charge in [0.05, 0.1) is 0 Å². The fraction of sp³-hybridized carbons (Fsp3) is 1.00. The van der Waals surface area contributed by atoms with Crippen LogP contribution in [0.3, 0.4) is 0 Å². The van der Waals surface area contributed by atoms with E-state index in [0.717, 1.165) is 5.92 Å². The third-order valence-corrected chi connectivity index (χ3v) is 2.55. The molecule has 3 N–H and O–H groups in total. The van der Waals surface area contributed by atoms with E-state index in [-0.39, 0.29) is 6.15 Å². The first-order chi connectivity index (χ1) is 4.43. The van der Waals surface area contributed by atoms with E-state index in [1.807, 2.05) is 0 Å². The Balaban J connectivity index is 0.000000810. The molecule has 0 aromatic heterocycles. The van der Waals surface area contributed by atoms with Crippen LogP contribution in [0, 0.1) is 5.92 Å². The molecule has 0 saturated heterocycles. The van der Waals surface area contributed by atoms with Gasteiger partial charge in [0.25, 0.3) is 0 Å². The first-order valence-electron chi connectivity index (χ1n) is 4.43. The Kier molecular flexibility index (Phi) is 5.70. The molecular weight excluding hydrogens is 122 g/mol. The van der Waals surface area contributed by atoms with Crippen molar-refractivity contribution in [2.75, 3.05) is 0 Å². The van der Waals surface area contributed by atoms with Crippen molar-refractivity contribution >= 4 is 0 Å². The Morgan fingerprint density at radius 2 is 1.50 bits per heavy atom. The predicted octanol–water partition coefficient (Wildman–Crippen LogP) is 3.53. The Morgan fingerprint density at radius 1 is 1.00 bits per heavy atom. The lowest BCUT2D eigenvalue weighted by molar-refractivity contribution is 0.446. The van der Waals surface area contributed by atoms with Gasteiger partial charge in [-0.1, -0.05) is 51.9 Å². The third kappa shape index (κ3) is 3.21. The highest BCUT2D eigenvalue weighted by atomic mass is 14.1. The number of hydrogen-bond donors (Lipinski definition) is 1. The maximum atomic E-state index is 2.33. The van der Waals surface area contributed by atoms with Gasteiger partial charge in [-0.15, -0.1) is 0 Å². The normalized spacial score (nSPS) is 21.3. The minimum atomic E-state index is 0. The zero-order chi connectivity index (χ0) is 6.53. The summed E-state index contributed by atoms with van der Waals surface area (Å²) in [4.78, 5) is 0. The van der Waals surface area contributed by atoms with Crippen molar-refractivity contribution in [2.24, 2.45) is 5.92 Å². The molecule has 0 unspecified atom stereocenters. The smallest absolute Gasteiger partial charge is 0.0417 e. The second-order valence-corrected chi connectivity index (χ2v) is 3.27. The molecule has 1 aliphatic carbocycles. The van der Waals surface area contributed by atoms with Crippen molar-refractivity contribution < 1.29 is 0 Å². The maximum Gasteiger partial charge on any atom is -0.0417 e. The summed E-state index contributed by atoms with van der Waals surface area (Å²) >= 11 is 0. The van der Waals surface area contributed by atoms with Gasteiger partial charge in [0.15, 0.2) is 0 Å². The topological polar surface area (TPSA) is 35.0 Å². The van der Waals surface area contributed by atoms with E-state index in [0.29, 0.717) is 0 Å². The Bertz CT molecular complexity index is 63.1. The predicted molar refractivity (Wildman–Crippen MR) is 46.5 cm³/mol. The molecule has 0 aromatic carbocycles. The first-order valence-corrected chi connectivity index (χ1v) is 4.43. The summed E-state index contributed by atoms with van der Waals surface area (Å²) in [5.74, 6) is 1.08. The first kappa shape index (κ1) is 9.96. The molecule has 62 valence electrons. The molecule has 0 heterocycles. The summed E-state index contributed by atoms with van der Waals surface area (Å²) in [6.07, 6.45) is 10.4. The Morgan fingerprint density at radius 3 is 1.90 bits per heavy atom. The SMILES string of the molecule is CCC1CCCCCC1.N. The van der Waals surface area contributed by atoms with Crippen molar-refractivity contribution in [1.29, 1.82) is 0 Å². The molecule has 1 saturated carbocycles. The fourth-order valence-electron chi connectivity index (χ4n) is 1.77. The van der Waals surface area contributed by atoms with Gasteiger partial charge in [0, 0.05) is 0 Å². The molecule has 1 aliphatic rings. The van der Waals surface area contributed by atoms with Gasteiger partial charge < -0.3 is 6.15 Å². The van der Waals surface area contributed by atoms with E-state index in [1.54, 1.807) is 0 Å². The summed E-state index contributed by atoms with van der Waals surface area (Å²) in [5, 5.41) is 0. The second-order valence-electron chi connectivity index (χ2n) is 3.27. The highest BCUT2D eigenvalue weighted by Gasteiger charge is 2.08. The molecule has 0 atom stereocenters. The minimum Gasteiger partial charge on any atom is -0.344 e. The van der Waals surface area contributed by atoms with Crippen LogP contribution < -0.4 is 6.15 Å². The molecule has 0 radical (unpaired) electrons. The van der Waals surface area contributed by atoms with Crippen molar-refractivity contribution in [2.45, 2.75) is 51.9 Å². The van der Waals surface area contributed by atoms with Crippen LogP contribution in [0.15, 0.2) is 0 Å². The molecule has 1 fully saturated rings. The molecule has 1 rings (SSSR count). The van der Waals surface area contributed by atoms with Crippen molar-refractivity contribution in [3.8, 4) is 0 Å². The standard InChI is InChI=1S/C9H18.H3N/c1-2-9-7-5-3-4-6-8-9;/h9H,2-8H2,1H3;1H3. The molecule has 1 nitrogen and oxygen atoms in total. The van der Waals surface area contributed by atoms with E-state index in [4.69, 9.17) is 0 Å². The van der Waals surface area contributed by atoms with Crippen molar-refractivity contribution in [3.05, 3.63) is 0 Å². The zero-order valence-electron chi connectivity index (χ0n) is 7.23. The summed E-state index contributed by atoms with van der Waals surface area (Å²) in [7, 11) is 0. The summed E-state index contributed by atoms with van der Waals surface area (Å²) in [5.41, 5.74) is 0. The highest BCUT2D eigenvalue weighted by molar-refractivity contribution is 4.62. The van der Waals surface area contributed by atoms with Crippen LogP contribution in [0.5, 0.6) is 0 Å². The number of rotatable bonds is 1. The molecule has 0 spiro atoms. The fourth-order valence-corrected chi connectivity index (χ4v) is 1.77. The van der Waals surface area contributed by atoms with Crippen LogP contribution in [0.4, 0.5) is 0 Å². The summed E-state index contributed by atoms with van der Waals surface area (Å²) < 4.78 is 0. The summed E-state index contributed by atoms with van der Waals surface area (Å²) in [6, 6.07) is 0. The molecule has 0 aromatic rings. The molecule has 0 bridgehead atoms. The van der Waals surface area contributed by atoms with Crippen LogP contribution in [-0.2, 0) is 0 Å². The van der Waals surface area contributed by atoms with E-state index < -0.39 is 0 Å². The van der Waals surface area contributed by atoms with Crippen molar-refractivity contribution in [1.82, 2.24) is 6.15 Å². The van der Waals surface area contributed by atoms with Crippen LogP contribution in [-0.4, -0.2) is 0 Å². The molecular formula is C9H21N. The summed E-state index contributed by atoms with van der Waals surface area (Å²) in [6.45, 7) is 2.33. The molecule has 1 heteroatoms.